The van der Waals surface area contributed by atoms with Crippen molar-refractivity contribution in [3.8, 4) is 0 Å². The van der Waals surface area contributed by atoms with Crippen LogP contribution in [-0.4, -0.2) is 29.9 Å². The molecule has 0 radical (unpaired) electrons. The van der Waals surface area contributed by atoms with Gasteiger partial charge in [0.25, 0.3) is 0 Å². The van der Waals surface area contributed by atoms with Crippen LogP contribution in [0.3, 0.4) is 0 Å². The number of carbonyl (C=O) groups is 1. The summed E-state index contributed by atoms with van der Waals surface area (Å²) in [6, 6.07) is 0.394. The molecule has 1 aliphatic rings. The largest absolute Gasteiger partial charge is 0.343 e. The second-order valence-corrected chi connectivity index (χ2v) is 2.95. The van der Waals surface area contributed by atoms with Crippen LogP contribution in [0.15, 0.2) is 0 Å². The van der Waals surface area contributed by atoms with E-state index in [1.54, 1.807) is 6.92 Å². The van der Waals surface area contributed by atoms with Gasteiger partial charge in [0.05, 0.1) is 0 Å². The van der Waals surface area contributed by atoms with Gasteiger partial charge in [0.2, 0.25) is 5.91 Å². The first-order chi connectivity index (χ1) is 5.24. The summed E-state index contributed by atoms with van der Waals surface area (Å²) in [4.78, 5) is 12.7. The highest BCUT2D eigenvalue weighted by molar-refractivity contribution is 5.85. The number of amides is 1. The lowest BCUT2D eigenvalue weighted by Crippen LogP contribution is -2.46. The Balaban J connectivity index is 0. The summed E-state index contributed by atoms with van der Waals surface area (Å²) >= 11 is 0. The number of nitrogens with two attached hydrogens (primary N) is 1. The molecular weight excluding hydrogens is 213 g/mol. The summed E-state index contributed by atoms with van der Waals surface area (Å²) in [5.74, 6) is 5.44. The number of nitrogens with one attached hydrogen (secondary N) is 1. The second-order valence-electron chi connectivity index (χ2n) is 2.95. The minimum Gasteiger partial charge on any atom is -0.343 e. The van der Waals surface area contributed by atoms with E-state index in [0.717, 1.165) is 25.9 Å². The molecule has 4 nitrogen and oxygen atoms in total. The summed E-state index contributed by atoms with van der Waals surface area (Å²) in [6.45, 7) is 3.28. The second kappa shape index (κ2) is 7.38. The Morgan fingerprint density at radius 3 is 2.15 bits per heavy atom. The van der Waals surface area contributed by atoms with Gasteiger partial charge in [0.15, 0.2) is 0 Å². The van der Waals surface area contributed by atoms with Crippen molar-refractivity contribution in [1.82, 2.24) is 10.3 Å². The third kappa shape index (κ3) is 4.67. The van der Waals surface area contributed by atoms with Gasteiger partial charge < -0.3 is 4.90 Å². The summed E-state index contributed by atoms with van der Waals surface area (Å²) in [6.07, 6.45) is 1.94. The van der Waals surface area contributed by atoms with Crippen LogP contribution >= 0.6 is 24.8 Å². The van der Waals surface area contributed by atoms with Gasteiger partial charge in [0.1, 0.15) is 0 Å². The lowest BCUT2D eigenvalue weighted by Gasteiger charge is -2.30. The first-order valence-electron chi connectivity index (χ1n) is 3.95. The average molecular weight is 230 g/mol. The van der Waals surface area contributed by atoms with E-state index in [1.807, 2.05) is 4.90 Å². The normalized spacial score (nSPS) is 17.2. The highest BCUT2D eigenvalue weighted by Crippen LogP contribution is 2.08. The molecule has 0 aromatic heterocycles. The van der Waals surface area contributed by atoms with E-state index in [0.29, 0.717) is 6.04 Å². The van der Waals surface area contributed by atoms with Crippen LogP contribution in [0.25, 0.3) is 0 Å². The molecule has 3 N–H and O–H groups in total. The van der Waals surface area contributed by atoms with Crippen LogP contribution < -0.4 is 11.3 Å². The number of hydrogen-bond donors (Lipinski definition) is 2. The lowest BCUT2D eigenvalue weighted by atomic mass is 10.1. The van der Waals surface area contributed by atoms with Crippen molar-refractivity contribution < 1.29 is 4.79 Å². The molecule has 1 saturated heterocycles. The van der Waals surface area contributed by atoms with E-state index in [2.05, 4.69) is 5.43 Å². The van der Waals surface area contributed by atoms with Crippen LogP contribution in [0.1, 0.15) is 19.8 Å². The molecule has 0 aromatic carbocycles. The molecule has 0 aliphatic carbocycles. The number of rotatable bonds is 1. The molecule has 0 atom stereocenters. The molecule has 0 saturated carbocycles. The zero-order valence-corrected chi connectivity index (χ0v) is 9.29. The minimum absolute atomic E-state index is 0. The maximum atomic E-state index is 10.9. The molecule has 1 aliphatic heterocycles. The van der Waals surface area contributed by atoms with Gasteiger partial charge in [0, 0.05) is 26.1 Å². The monoisotopic (exact) mass is 229 g/mol. The van der Waals surface area contributed by atoms with Crippen molar-refractivity contribution in [2.75, 3.05) is 13.1 Å². The van der Waals surface area contributed by atoms with Gasteiger partial charge in [-0.1, -0.05) is 0 Å². The molecule has 1 rings (SSSR count). The van der Waals surface area contributed by atoms with E-state index in [4.69, 9.17) is 5.84 Å². The number of piperidine rings is 1. The third-order valence-corrected chi connectivity index (χ3v) is 2.18. The predicted molar refractivity (Wildman–Crippen MR) is 57.1 cm³/mol. The lowest BCUT2D eigenvalue weighted by molar-refractivity contribution is -0.129. The molecule has 1 fully saturated rings. The van der Waals surface area contributed by atoms with Gasteiger partial charge in [-0.15, -0.1) is 24.8 Å². The topological polar surface area (TPSA) is 58.4 Å². The molecule has 0 spiro atoms. The van der Waals surface area contributed by atoms with E-state index in [-0.39, 0.29) is 30.7 Å². The Hall–Kier alpha value is -0.0300. The van der Waals surface area contributed by atoms with Crippen molar-refractivity contribution >= 4 is 30.7 Å². The Morgan fingerprint density at radius 2 is 1.85 bits per heavy atom. The Kier molecular flexibility index (Phi) is 8.77. The number of likely N-dealkylation sites (tertiary alicyclic amines) is 1. The summed E-state index contributed by atoms with van der Waals surface area (Å²) in [5.41, 5.74) is 2.73. The van der Waals surface area contributed by atoms with E-state index in [9.17, 15) is 4.79 Å². The third-order valence-electron chi connectivity index (χ3n) is 2.18. The molecule has 6 heteroatoms. The number of nitrogens with zero attached hydrogens (tertiary/aromatic N) is 1. The maximum Gasteiger partial charge on any atom is 0.219 e. The quantitative estimate of drug-likeness (QED) is 0.503. The number of hydrogen-bond acceptors (Lipinski definition) is 3. The summed E-state index contributed by atoms with van der Waals surface area (Å²) in [7, 11) is 0. The van der Waals surface area contributed by atoms with Crippen molar-refractivity contribution in [2.24, 2.45) is 5.84 Å². The minimum atomic E-state index is 0. The van der Waals surface area contributed by atoms with E-state index in [1.165, 1.54) is 0 Å². The smallest absolute Gasteiger partial charge is 0.219 e. The van der Waals surface area contributed by atoms with Crippen LogP contribution in [0.4, 0.5) is 0 Å². The van der Waals surface area contributed by atoms with Crippen molar-refractivity contribution in [2.45, 2.75) is 25.8 Å². The van der Waals surface area contributed by atoms with Crippen LogP contribution in [0, 0.1) is 0 Å². The molecule has 80 valence electrons. The molecule has 1 amide bonds. The van der Waals surface area contributed by atoms with Gasteiger partial charge in [-0.2, -0.15) is 0 Å². The number of carbonyl (C=O) groups excluding carboxylic acids is 1. The first kappa shape index (κ1) is 15.4. The number of halogens is 2. The Morgan fingerprint density at radius 1 is 1.38 bits per heavy atom. The predicted octanol–water partition coefficient (Wildman–Crippen LogP) is 0.304. The van der Waals surface area contributed by atoms with Gasteiger partial charge in [-0.05, 0) is 12.8 Å². The molecule has 13 heavy (non-hydrogen) atoms. The highest BCUT2D eigenvalue weighted by atomic mass is 35.5. The van der Waals surface area contributed by atoms with Gasteiger partial charge in [-0.25, -0.2) is 0 Å². The fourth-order valence-corrected chi connectivity index (χ4v) is 1.36. The zero-order valence-electron chi connectivity index (χ0n) is 7.66. The molecule has 0 bridgehead atoms. The highest BCUT2D eigenvalue weighted by Gasteiger charge is 2.18. The summed E-state index contributed by atoms with van der Waals surface area (Å²) < 4.78 is 0. The Bertz CT molecular complexity index is 149. The maximum absolute atomic E-state index is 10.9. The van der Waals surface area contributed by atoms with E-state index < -0.39 is 0 Å². The van der Waals surface area contributed by atoms with E-state index >= 15 is 0 Å². The molecule has 0 aromatic rings. The Labute approximate surface area is 91.0 Å². The standard InChI is InChI=1S/C7H15N3O.2ClH/c1-6(11)10-4-2-7(9-8)3-5-10;;/h7,9H,2-5,8H2,1H3;2*1H. The van der Waals surface area contributed by atoms with Gasteiger partial charge >= 0.3 is 0 Å². The molecule has 1 heterocycles. The van der Waals surface area contributed by atoms with Crippen molar-refractivity contribution in [3.63, 3.8) is 0 Å². The molecule has 0 unspecified atom stereocenters. The fourth-order valence-electron chi connectivity index (χ4n) is 1.36. The fraction of sp³-hybridized carbons (Fsp3) is 0.857. The average Bonchev–Trinajstić information content (AvgIpc) is 2.05. The summed E-state index contributed by atoms with van der Waals surface area (Å²) in [5, 5.41) is 0. The van der Waals surface area contributed by atoms with Crippen LogP contribution in [0.2, 0.25) is 0 Å². The zero-order chi connectivity index (χ0) is 8.27. The SMILES string of the molecule is CC(=O)N1CCC(NN)CC1.Cl.Cl. The number of hydrazine groups is 1. The van der Waals surface area contributed by atoms with Crippen molar-refractivity contribution in [3.05, 3.63) is 0 Å². The molecular formula is C7H17Cl2N3O. The van der Waals surface area contributed by atoms with Crippen molar-refractivity contribution in [1.29, 1.82) is 0 Å². The first-order valence-corrected chi connectivity index (χ1v) is 3.95. The van der Waals surface area contributed by atoms with Crippen LogP contribution in [-0.2, 0) is 4.79 Å². The van der Waals surface area contributed by atoms with Crippen LogP contribution in [0.5, 0.6) is 0 Å². The van der Waals surface area contributed by atoms with Gasteiger partial charge in [-0.3, -0.25) is 16.1 Å².